The van der Waals surface area contributed by atoms with Crippen molar-refractivity contribution in [1.29, 1.82) is 0 Å². The van der Waals surface area contributed by atoms with Crippen molar-refractivity contribution in [2.45, 2.75) is 6.92 Å². The fraction of sp³-hybridized carbons (Fsp3) is 0.312. The van der Waals surface area contributed by atoms with Crippen molar-refractivity contribution in [3.63, 3.8) is 0 Å². The van der Waals surface area contributed by atoms with Crippen molar-refractivity contribution in [3.05, 3.63) is 27.6 Å². The lowest BCUT2D eigenvalue weighted by Gasteiger charge is -2.13. The molecule has 0 aliphatic carbocycles. The Morgan fingerprint density at radius 3 is 2.73 bits per heavy atom. The standard InChI is InChI=1S/C16H17ClN2O5S2/c1-2-23-11-5-9(10(17)7-12(11)24-8-14(18)21)6-13-15(22)19(3-4-20)16(25)26-13/h5-7,20H,2-4,8H2,1H3,(H2,18,21). The first-order chi connectivity index (χ1) is 12.4. The van der Waals surface area contributed by atoms with Gasteiger partial charge >= 0.3 is 0 Å². The number of carbonyl (C=O) groups is 2. The zero-order valence-electron chi connectivity index (χ0n) is 13.9. The van der Waals surface area contributed by atoms with E-state index >= 15 is 0 Å². The van der Waals surface area contributed by atoms with Crippen LogP contribution in [0.2, 0.25) is 5.02 Å². The molecule has 7 nitrogen and oxygen atoms in total. The Labute approximate surface area is 165 Å². The molecule has 0 bridgehead atoms. The lowest BCUT2D eigenvalue weighted by Crippen LogP contribution is -2.30. The summed E-state index contributed by atoms with van der Waals surface area (Å²) in [7, 11) is 0. The van der Waals surface area contributed by atoms with Gasteiger partial charge in [0.05, 0.1) is 29.7 Å². The third-order valence-electron chi connectivity index (χ3n) is 3.22. The van der Waals surface area contributed by atoms with Crippen molar-refractivity contribution < 1.29 is 24.2 Å². The number of ether oxygens (including phenoxy) is 2. The van der Waals surface area contributed by atoms with Crippen molar-refractivity contribution in [3.8, 4) is 11.5 Å². The molecule has 0 spiro atoms. The zero-order chi connectivity index (χ0) is 19.3. The van der Waals surface area contributed by atoms with Crippen LogP contribution in [0.3, 0.4) is 0 Å². The average molecular weight is 417 g/mol. The molecule has 2 amide bonds. The smallest absolute Gasteiger partial charge is 0.266 e. The van der Waals surface area contributed by atoms with Gasteiger partial charge in [0, 0.05) is 6.07 Å². The highest BCUT2D eigenvalue weighted by Crippen LogP contribution is 2.38. The van der Waals surface area contributed by atoms with Gasteiger partial charge in [0.15, 0.2) is 18.1 Å². The average Bonchev–Trinajstić information content (AvgIpc) is 2.84. The van der Waals surface area contributed by atoms with Gasteiger partial charge in [0.1, 0.15) is 4.32 Å². The first kappa shape index (κ1) is 20.5. The van der Waals surface area contributed by atoms with Gasteiger partial charge < -0.3 is 20.3 Å². The van der Waals surface area contributed by atoms with Crippen molar-refractivity contribution in [1.82, 2.24) is 4.90 Å². The summed E-state index contributed by atoms with van der Waals surface area (Å²) in [4.78, 5) is 25.0. The molecule has 1 aliphatic heterocycles. The number of rotatable bonds is 8. The van der Waals surface area contributed by atoms with Gasteiger partial charge in [-0.25, -0.2) is 0 Å². The Hall–Kier alpha value is -1.81. The second kappa shape index (κ2) is 9.22. The number of benzene rings is 1. The number of thioether (sulfide) groups is 1. The predicted octanol–water partition coefficient (Wildman–Crippen LogP) is 1.80. The van der Waals surface area contributed by atoms with Crippen molar-refractivity contribution >= 4 is 57.8 Å². The van der Waals surface area contributed by atoms with Crippen LogP contribution >= 0.6 is 35.6 Å². The Kier molecular flexibility index (Phi) is 7.27. The molecule has 26 heavy (non-hydrogen) atoms. The van der Waals surface area contributed by atoms with Crippen LogP contribution in [-0.4, -0.2) is 52.5 Å². The number of hydrogen-bond acceptors (Lipinski definition) is 7. The number of halogens is 1. The molecule has 0 radical (unpaired) electrons. The number of amides is 2. The largest absolute Gasteiger partial charge is 0.490 e. The molecule has 1 aliphatic rings. The van der Waals surface area contributed by atoms with E-state index in [2.05, 4.69) is 0 Å². The quantitative estimate of drug-likeness (QED) is 0.492. The highest BCUT2D eigenvalue weighted by molar-refractivity contribution is 8.26. The maximum Gasteiger partial charge on any atom is 0.266 e. The molecule has 1 heterocycles. The van der Waals surface area contributed by atoms with Crippen LogP contribution in [0.5, 0.6) is 11.5 Å². The van der Waals surface area contributed by atoms with Crippen LogP contribution in [0.25, 0.3) is 6.08 Å². The van der Waals surface area contributed by atoms with Gasteiger partial charge in [0.25, 0.3) is 11.8 Å². The zero-order valence-corrected chi connectivity index (χ0v) is 16.2. The highest BCUT2D eigenvalue weighted by Gasteiger charge is 2.31. The topological polar surface area (TPSA) is 102 Å². The van der Waals surface area contributed by atoms with Crippen LogP contribution in [0.1, 0.15) is 12.5 Å². The van der Waals surface area contributed by atoms with E-state index in [1.54, 1.807) is 19.1 Å². The summed E-state index contributed by atoms with van der Waals surface area (Å²) in [5.74, 6) is -0.270. The summed E-state index contributed by atoms with van der Waals surface area (Å²) in [5.41, 5.74) is 5.62. The van der Waals surface area contributed by atoms with Crippen molar-refractivity contribution in [2.75, 3.05) is 26.4 Å². The fourth-order valence-electron chi connectivity index (χ4n) is 2.13. The first-order valence-electron chi connectivity index (χ1n) is 7.61. The number of aliphatic hydroxyl groups excluding tert-OH is 1. The number of aliphatic hydroxyl groups is 1. The second-order valence-corrected chi connectivity index (χ2v) is 7.15. The SMILES string of the molecule is CCOc1cc(C=C2SC(=S)N(CCO)C2=O)c(Cl)cc1OCC(N)=O. The maximum atomic E-state index is 12.4. The molecular formula is C16H17ClN2O5S2. The molecular weight excluding hydrogens is 400 g/mol. The maximum absolute atomic E-state index is 12.4. The molecule has 140 valence electrons. The molecule has 0 atom stereocenters. The Balaban J connectivity index is 2.34. The lowest BCUT2D eigenvalue weighted by molar-refractivity contribution is -0.122. The van der Waals surface area contributed by atoms with Crippen LogP contribution in [0.15, 0.2) is 17.0 Å². The minimum Gasteiger partial charge on any atom is -0.490 e. The number of nitrogens with two attached hydrogens (primary N) is 1. The highest BCUT2D eigenvalue weighted by atomic mass is 35.5. The number of nitrogens with zero attached hydrogens (tertiary/aromatic N) is 1. The van der Waals surface area contributed by atoms with E-state index in [1.165, 1.54) is 11.0 Å². The minimum atomic E-state index is -0.625. The summed E-state index contributed by atoms with van der Waals surface area (Å²) in [6, 6.07) is 3.11. The van der Waals surface area contributed by atoms with E-state index in [1.807, 2.05) is 0 Å². The molecule has 1 aromatic rings. The van der Waals surface area contributed by atoms with Gasteiger partial charge in [-0.2, -0.15) is 0 Å². The first-order valence-corrected chi connectivity index (χ1v) is 9.21. The van der Waals surface area contributed by atoms with Crippen LogP contribution in [0, 0.1) is 0 Å². The Morgan fingerprint density at radius 1 is 1.42 bits per heavy atom. The molecule has 1 aromatic carbocycles. The number of primary amides is 1. The van der Waals surface area contributed by atoms with E-state index in [4.69, 9.17) is 44.1 Å². The molecule has 10 heteroatoms. The van der Waals surface area contributed by atoms with E-state index < -0.39 is 5.91 Å². The van der Waals surface area contributed by atoms with E-state index in [0.717, 1.165) is 11.8 Å². The predicted molar refractivity (Wildman–Crippen MR) is 104 cm³/mol. The number of carbonyl (C=O) groups excluding carboxylic acids is 2. The summed E-state index contributed by atoms with van der Waals surface area (Å²) in [6.07, 6.45) is 1.60. The third kappa shape index (κ3) is 4.88. The molecule has 1 saturated heterocycles. The number of hydrogen-bond donors (Lipinski definition) is 2. The Morgan fingerprint density at radius 2 is 2.12 bits per heavy atom. The monoisotopic (exact) mass is 416 g/mol. The summed E-state index contributed by atoms with van der Waals surface area (Å²) >= 11 is 12.6. The Bertz CT molecular complexity index is 769. The minimum absolute atomic E-state index is 0.139. The summed E-state index contributed by atoms with van der Waals surface area (Å²) < 4.78 is 11.2. The van der Waals surface area contributed by atoms with Gasteiger partial charge in [-0.15, -0.1) is 0 Å². The van der Waals surface area contributed by atoms with Gasteiger partial charge in [-0.3, -0.25) is 14.5 Å². The molecule has 1 fully saturated rings. The van der Waals surface area contributed by atoms with Crippen LogP contribution in [-0.2, 0) is 9.59 Å². The summed E-state index contributed by atoms with van der Waals surface area (Å²) in [6.45, 7) is 1.81. The normalized spacial score (nSPS) is 15.7. The molecule has 3 N–H and O–H groups in total. The van der Waals surface area contributed by atoms with Crippen LogP contribution < -0.4 is 15.2 Å². The lowest BCUT2D eigenvalue weighted by atomic mass is 10.1. The van der Waals surface area contributed by atoms with E-state index in [-0.39, 0.29) is 31.4 Å². The van der Waals surface area contributed by atoms with Gasteiger partial charge in [-0.1, -0.05) is 35.6 Å². The molecule has 0 unspecified atom stereocenters. The second-order valence-electron chi connectivity index (χ2n) is 5.07. The van der Waals surface area contributed by atoms with E-state index in [0.29, 0.717) is 32.2 Å². The molecule has 2 rings (SSSR count). The molecule has 0 aromatic heterocycles. The fourth-order valence-corrected chi connectivity index (χ4v) is 3.63. The van der Waals surface area contributed by atoms with Crippen LogP contribution in [0.4, 0.5) is 0 Å². The number of β-amino-alcohol motifs (C(OH)–C–C–N with tert-alkyl or cyclic N) is 1. The van der Waals surface area contributed by atoms with Gasteiger partial charge in [-0.05, 0) is 24.6 Å². The third-order valence-corrected chi connectivity index (χ3v) is 4.92. The van der Waals surface area contributed by atoms with Gasteiger partial charge in [0.2, 0.25) is 0 Å². The molecule has 0 saturated carbocycles. The van der Waals surface area contributed by atoms with Crippen molar-refractivity contribution in [2.24, 2.45) is 5.73 Å². The number of thiocarbonyl (C=S) groups is 1. The van der Waals surface area contributed by atoms with E-state index in [9.17, 15) is 9.59 Å². The summed E-state index contributed by atoms with van der Waals surface area (Å²) in [5, 5.41) is 9.34.